The van der Waals surface area contributed by atoms with Crippen LogP contribution in [0.1, 0.15) is 19.8 Å². The fourth-order valence-electron chi connectivity index (χ4n) is 1.65. The smallest absolute Gasteiger partial charge is 0.460 e. The molecular weight excluding hydrogens is 301 g/mol. The number of nitrogens with zero attached hydrogens (tertiary/aromatic N) is 1. The number of hydrogen-bond donors (Lipinski definition) is 1. The molecule has 0 spiro atoms. The van der Waals surface area contributed by atoms with Gasteiger partial charge in [-0.1, -0.05) is 6.58 Å². The van der Waals surface area contributed by atoms with Gasteiger partial charge >= 0.3 is 13.8 Å². The number of ether oxygens (including phenoxy) is 1. The molecule has 0 aliphatic carbocycles. The molecule has 1 N–H and O–H groups in total. The third-order valence-corrected chi connectivity index (χ3v) is 3.72. The van der Waals surface area contributed by atoms with Crippen LogP contribution >= 0.6 is 7.82 Å². The Morgan fingerprint density at radius 3 is 2.62 bits per heavy atom. The summed E-state index contributed by atoms with van der Waals surface area (Å²) in [4.78, 5) is 33.3. The summed E-state index contributed by atoms with van der Waals surface area (Å²) < 4.78 is 25.6. The molecule has 8 nitrogen and oxygen atoms in total. The standard InChI is InChI=1S/C12H20NO7P/c1-10(2)12(15)18-8-9-20-21(16,17)19-7-6-13-5-3-4-11(13)14/h1,3-9H2,2H3,(H,16,17). The second-order valence-electron chi connectivity index (χ2n) is 4.54. The van der Waals surface area contributed by atoms with Gasteiger partial charge in [0.2, 0.25) is 5.91 Å². The van der Waals surface area contributed by atoms with Crippen LogP contribution in [0.4, 0.5) is 0 Å². The molecule has 0 bridgehead atoms. The van der Waals surface area contributed by atoms with Gasteiger partial charge in [0.05, 0.1) is 13.2 Å². The first-order valence-corrected chi connectivity index (χ1v) is 8.03. The van der Waals surface area contributed by atoms with E-state index in [1.165, 1.54) is 6.92 Å². The average molecular weight is 321 g/mol. The number of amides is 1. The van der Waals surface area contributed by atoms with E-state index in [4.69, 9.17) is 9.26 Å². The van der Waals surface area contributed by atoms with Crippen LogP contribution in [0.15, 0.2) is 12.2 Å². The van der Waals surface area contributed by atoms with Crippen molar-refractivity contribution in [1.29, 1.82) is 0 Å². The summed E-state index contributed by atoms with van der Waals surface area (Å²) in [6, 6.07) is 0. The topological polar surface area (TPSA) is 102 Å². The molecule has 1 fully saturated rings. The predicted molar refractivity (Wildman–Crippen MR) is 73.3 cm³/mol. The summed E-state index contributed by atoms with van der Waals surface area (Å²) in [6.07, 6.45) is 1.29. The molecule has 1 unspecified atom stereocenters. The number of carbonyl (C=O) groups is 2. The van der Waals surface area contributed by atoms with Gasteiger partial charge < -0.3 is 14.5 Å². The first-order valence-electron chi connectivity index (χ1n) is 6.54. The van der Waals surface area contributed by atoms with E-state index in [9.17, 15) is 19.0 Å². The molecule has 120 valence electrons. The first kappa shape index (κ1) is 17.8. The van der Waals surface area contributed by atoms with E-state index >= 15 is 0 Å². The van der Waals surface area contributed by atoms with Crippen molar-refractivity contribution < 1.29 is 32.8 Å². The number of carbonyl (C=O) groups excluding carboxylic acids is 2. The largest absolute Gasteiger partial charge is 0.472 e. The number of rotatable bonds is 9. The predicted octanol–water partition coefficient (Wildman–Crippen LogP) is 0.862. The molecule has 0 radical (unpaired) electrons. The molecule has 1 heterocycles. The number of hydrogen-bond acceptors (Lipinski definition) is 6. The molecule has 1 amide bonds. The van der Waals surface area contributed by atoms with Crippen LogP contribution in [0.25, 0.3) is 0 Å². The maximum absolute atomic E-state index is 11.5. The maximum atomic E-state index is 11.5. The zero-order valence-corrected chi connectivity index (χ0v) is 12.8. The highest BCUT2D eigenvalue weighted by Gasteiger charge is 2.24. The van der Waals surface area contributed by atoms with Crippen molar-refractivity contribution >= 4 is 19.7 Å². The van der Waals surface area contributed by atoms with E-state index in [0.29, 0.717) is 13.0 Å². The number of phosphoric acid groups is 1. The number of esters is 1. The Labute approximate surface area is 123 Å². The fraction of sp³-hybridized carbons (Fsp3) is 0.667. The lowest BCUT2D eigenvalue weighted by atomic mass is 10.4. The Balaban J connectivity index is 2.15. The summed E-state index contributed by atoms with van der Waals surface area (Å²) in [5.41, 5.74) is 0.230. The zero-order valence-electron chi connectivity index (χ0n) is 11.9. The van der Waals surface area contributed by atoms with Crippen molar-refractivity contribution in [3.8, 4) is 0 Å². The first-order chi connectivity index (χ1) is 9.82. The lowest BCUT2D eigenvalue weighted by molar-refractivity contribution is -0.139. The Kier molecular flexibility index (Phi) is 7.04. The third kappa shape index (κ3) is 6.86. The van der Waals surface area contributed by atoms with E-state index in [1.807, 2.05) is 0 Å². The molecular formula is C12H20NO7P. The monoisotopic (exact) mass is 321 g/mol. The van der Waals surface area contributed by atoms with Gasteiger partial charge in [0.25, 0.3) is 0 Å². The third-order valence-electron chi connectivity index (χ3n) is 2.71. The van der Waals surface area contributed by atoms with Crippen LogP contribution in [-0.4, -0.2) is 54.6 Å². The summed E-state index contributed by atoms with van der Waals surface area (Å²) in [5.74, 6) is -0.584. The molecule has 0 aromatic heterocycles. The summed E-state index contributed by atoms with van der Waals surface area (Å²) >= 11 is 0. The molecule has 1 aliphatic rings. The Hall–Kier alpha value is -1.21. The van der Waals surface area contributed by atoms with Crippen molar-refractivity contribution in [2.24, 2.45) is 0 Å². The van der Waals surface area contributed by atoms with Gasteiger partial charge in [-0.15, -0.1) is 0 Å². The van der Waals surface area contributed by atoms with E-state index in [-0.39, 0.29) is 37.8 Å². The zero-order chi connectivity index (χ0) is 15.9. The van der Waals surface area contributed by atoms with Crippen LogP contribution in [0.5, 0.6) is 0 Å². The van der Waals surface area contributed by atoms with E-state index in [1.54, 1.807) is 4.90 Å². The average Bonchev–Trinajstić information content (AvgIpc) is 2.80. The minimum atomic E-state index is -4.20. The SMILES string of the molecule is C=C(C)C(=O)OCCOP(=O)(O)OCCN1CCCC1=O. The second-order valence-corrected chi connectivity index (χ2v) is 5.99. The van der Waals surface area contributed by atoms with E-state index in [0.717, 1.165) is 6.42 Å². The molecule has 0 aromatic rings. The van der Waals surface area contributed by atoms with Gasteiger partial charge in [-0.05, 0) is 13.3 Å². The Morgan fingerprint density at radius 2 is 2.05 bits per heavy atom. The molecule has 1 saturated heterocycles. The molecule has 1 atom stereocenters. The van der Waals surface area contributed by atoms with Crippen LogP contribution in [-0.2, 0) is 27.9 Å². The van der Waals surface area contributed by atoms with Crippen LogP contribution in [0.2, 0.25) is 0 Å². The van der Waals surface area contributed by atoms with E-state index < -0.39 is 13.8 Å². The van der Waals surface area contributed by atoms with Gasteiger partial charge in [-0.2, -0.15) is 0 Å². The molecule has 21 heavy (non-hydrogen) atoms. The van der Waals surface area contributed by atoms with Crippen LogP contribution in [0.3, 0.4) is 0 Å². The second kappa shape index (κ2) is 8.29. The number of likely N-dealkylation sites (tertiary alicyclic amines) is 1. The van der Waals surface area contributed by atoms with Crippen LogP contribution < -0.4 is 0 Å². The number of phosphoric ester groups is 1. The Bertz CT molecular complexity index is 451. The highest BCUT2D eigenvalue weighted by atomic mass is 31.2. The van der Waals surface area contributed by atoms with Crippen molar-refractivity contribution in [3.63, 3.8) is 0 Å². The van der Waals surface area contributed by atoms with Crippen molar-refractivity contribution in [2.45, 2.75) is 19.8 Å². The van der Waals surface area contributed by atoms with Gasteiger partial charge in [-0.25, -0.2) is 9.36 Å². The quantitative estimate of drug-likeness (QED) is 0.291. The molecule has 0 saturated carbocycles. The molecule has 1 aliphatic heterocycles. The molecule has 0 aromatic carbocycles. The van der Waals surface area contributed by atoms with Gasteiger partial charge in [0.1, 0.15) is 6.61 Å². The summed E-state index contributed by atoms with van der Waals surface area (Å²) in [7, 11) is -4.20. The highest BCUT2D eigenvalue weighted by molar-refractivity contribution is 7.47. The molecule has 9 heteroatoms. The summed E-state index contributed by atoms with van der Waals surface area (Å²) in [6.45, 7) is 5.22. The van der Waals surface area contributed by atoms with Crippen LogP contribution in [0, 0.1) is 0 Å². The van der Waals surface area contributed by atoms with Gasteiger partial charge in [0.15, 0.2) is 0 Å². The highest BCUT2D eigenvalue weighted by Crippen LogP contribution is 2.42. The van der Waals surface area contributed by atoms with E-state index in [2.05, 4.69) is 11.1 Å². The van der Waals surface area contributed by atoms with Gasteiger partial charge in [-0.3, -0.25) is 13.8 Å². The van der Waals surface area contributed by atoms with Crippen molar-refractivity contribution in [1.82, 2.24) is 4.90 Å². The Morgan fingerprint density at radius 1 is 1.38 bits per heavy atom. The minimum absolute atomic E-state index is 0.0130. The maximum Gasteiger partial charge on any atom is 0.472 e. The van der Waals surface area contributed by atoms with Crippen molar-refractivity contribution in [2.75, 3.05) is 32.9 Å². The van der Waals surface area contributed by atoms with Crippen molar-refractivity contribution in [3.05, 3.63) is 12.2 Å². The lowest BCUT2D eigenvalue weighted by Crippen LogP contribution is -2.28. The summed E-state index contributed by atoms with van der Waals surface area (Å²) in [5, 5.41) is 0. The fourth-order valence-corrected chi connectivity index (χ4v) is 2.35. The minimum Gasteiger partial charge on any atom is -0.460 e. The lowest BCUT2D eigenvalue weighted by Gasteiger charge is -2.17. The van der Waals surface area contributed by atoms with Gasteiger partial charge in [0, 0.05) is 25.1 Å². The normalized spacial score (nSPS) is 17.6. The molecule has 1 rings (SSSR count).